The summed E-state index contributed by atoms with van der Waals surface area (Å²) < 4.78 is 54.4. The monoisotopic (exact) mass is 516 g/mol. The molecule has 4 nitrogen and oxygen atoms in total. The summed E-state index contributed by atoms with van der Waals surface area (Å²) >= 11 is 1.73. The Morgan fingerprint density at radius 2 is 1.72 bits per heavy atom. The number of alkyl halides is 3. The van der Waals surface area contributed by atoms with Crippen LogP contribution in [0.25, 0.3) is 0 Å². The van der Waals surface area contributed by atoms with Gasteiger partial charge >= 0.3 is 12.1 Å². The molecule has 0 amide bonds. The van der Waals surface area contributed by atoms with Crippen molar-refractivity contribution in [3.8, 4) is 5.75 Å². The van der Waals surface area contributed by atoms with Gasteiger partial charge in [-0.15, -0.1) is 11.8 Å². The van der Waals surface area contributed by atoms with Crippen molar-refractivity contribution in [3.63, 3.8) is 0 Å². The van der Waals surface area contributed by atoms with E-state index in [1.165, 1.54) is 30.4 Å². The number of esters is 1. The number of halogens is 3. The van der Waals surface area contributed by atoms with Crippen LogP contribution in [0.15, 0.2) is 65.6 Å². The summed E-state index contributed by atoms with van der Waals surface area (Å²) in [4.78, 5) is 12.7. The van der Waals surface area contributed by atoms with Gasteiger partial charge in [-0.1, -0.05) is 30.3 Å². The summed E-state index contributed by atoms with van der Waals surface area (Å²) in [7, 11) is 1.35. The van der Waals surface area contributed by atoms with E-state index in [0.29, 0.717) is 11.3 Å². The summed E-state index contributed by atoms with van der Waals surface area (Å²) in [6.07, 6.45) is -2.71. The van der Waals surface area contributed by atoms with Crippen LogP contribution in [0, 0.1) is 6.92 Å². The fourth-order valence-corrected chi connectivity index (χ4v) is 5.36. The van der Waals surface area contributed by atoms with Crippen molar-refractivity contribution in [3.05, 3.63) is 94.0 Å². The van der Waals surface area contributed by atoms with Gasteiger partial charge in [0.2, 0.25) is 0 Å². The second-order valence-corrected chi connectivity index (χ2v) is 9.68. The smallest absolute Gasteiger partial charge is 0.416 e. The van der Waals surface area contributed by atoms with Crippen molar-refractivity contribution in [1.29, 1.82) is 0 Å². The first-order valence-corrected chi connectivity index (χ1v) is 12.5. The molecule has 0 aliphatic heterocycles. The molecule has 1 atom stereocenters. The van der Waals surface area contributed by atoms with E-state index in [1.54, 1.807) is 11.8 Å². The Labute approximate surface area is 212 Å². The predicted molar refractivity (Wildman–Crippen MR) is 132 cm³/mol. The number of aryl methyl sites for hydroxylation is 2. The molecule has 1 aliphatic rings. The standard InChI is InChI=1S/C28H27F3O4S/c1-18-13-21-7-12-24(35-16-26(32)33-2)27(21)25(14-18)36-17-20-5-10-23(11-6-20)34-15-19-3-8-22(9-4-19)28(29,30)31/h3-6,8-11,13-14,24H,7,12,15-17H2,1-2H3. The molecule has 1 unspecified atom stereocenters. The molecule has 0 N–H and O–H groups in total. The number of fused-ring (bicyclic) bond motifs is 1. The molecule has 3 aromatic carbocycles. The number of ether oxygens (including phenoxy) is 3. The Hall–Kier alpha value is -2.97. The number of methoxy groups -OCH3 is 1. The molecule has 36 heavy (non-hydrogen) atoms. The summed E-state index contributed by atoms with van der Waals surface area (Å²) in [5, 5.41) is 0. The van der Waals surface area contributed by atoms with E-state index in [-0.39, 0.29) is 25.3 Å². The first-order valence-electron chi connectivity index (χ1n) is 11.6. The van der Waals surface area contributed by atoms with Crippen molar-refractivity contribution in [2.24, 2.45) is 0 Å². The van der Waals surface area contributed by atoms with E-state index in [9.17, 15) is 18.0 Å². The molecule has 0 aromatic heterocycles. The van der Waals surface area contributed by atoms with E-state index in [4.69, 9.17) is 14.2 Å². The third-order valence-corrected chi connectivity index (χ3v) is 7.13. The fourth-order valence-electron chi connectivity index (χ4n) is 4.15. The summed E-state index contributed by atoms with van der Waals surface area (Å²) in [6, 6.07) is 17.0. The normalized spacial score (nSPS) is 15.0. The van der Waals surface area contributed by atoms with Gasteiger partial charge in [0, 0.05) is 10.6 Å². The minimum atomic E-state index is -4.34. The first kappa shape index (κ1) is 26.1. The van der Waals surface area contributed by atoms with Gasteiger partial charge in [0.1, 0.15) is 19.0 Å². The Bertz CT molecular complexity index is 1190. The van der Waals surface area contributed by atoms with E-state index in [1.807, 2.05) is 24.3 Å². The lowest BCUT2D eigenvalue weighted by molar-refractivity contribution is -0.148. The van der Waals surface area contributed by atoms with Gasteiger partial charge in [-0.2, -0.15) is 13.2 Å². The molecule has 4 rings (SSSR count). The van der Waals surface area contributed by atoms with Crippen LogP contribution in [-0.4, -0.2) is 19.7 Å². The van der Waals surface area contributed by atoms with E-state index < -0.39 is 11.7 Å². The molecule has 8 heteroatoms. The zero-order valence-corrected chi connectivity index (χ0v) is 20.9. The highest BCUT2D eigenvalue weighted by Crippen LogP contribution is 2.42. The highest BCUT2D eigenvalue weighted by atomic mass is 32.2. The molecule has 1 aliphatic carbocycles. The molecule has 0 radical (unpaired) electrons. The molecule has 190 valence electrons. The van der Waals surface area contributed by atoms with Gasteiger partial charge in [-0.25, -0.2) is 4.79 Å². The number of thioether (sulfide) groups is 1. The van der Waals surface area contributed by atoms with Gasteiger partial charge in [0.05, 0.1) is 18.8 Å². The molecule has 0 saturated heterocycles. The Morgan fingerprint density at radius 1 is 1.03 bits per heavy atom. The lowest BCUT2D eigenvalue weighted by Gasteiger charge is -2.17. The van der Waals surface area contributed by atoms with Crippen molar-refractivity contribution >= 4 is 17.7 Å². The minimum absolute atomic E-state index is 0.0630. The van der Waals surface area contributed by atoms with Gasteiger partial charge in [0.15, 0.2) is 0 Å². The highest BCUT2D eigenvalue weighted by Gasteiger charge is 2.30. The largest absolute Gasteiger partial charge is 0.489 e. The second-order valence-electron chi connectivity index (χ2n) is 8.67. The van der Waals surface area contributed by atoms with Gasteiger partial charge in [-0.05, 0) is 77.9 Å². The quantitative estimate of drug-likeness (QED) is 0.225. The number of hydrogen-bond acceptors (Lipinski definition) is 5. The van der Waals surface area contributed by atoms with E-state index in [2.05, 4.69) is 19.1 Å². The zero-order chi connectivity index (χ0) is 25.7. The van der Waals surface area contributed by atoms with Crippen LogP contribution in [0.5, 0.6) is 5.75 Å². The van der Waals surface area contributed by atoms with Crippen LogP contribution in [0.3, 0.4) is 0 Å². The average molecular weight is 517 g/mol. The lowest BCUT2D eigenvalue weighted by atomic mass is 10.1. The maximum Gasteiger partial charge on any atom is 0.416 e. The van der Waals surface area contributed by atoms with E-state index >= 15 is 0 Å². The Kier molecular flexibility index (Phi) is 8.26. The van der Waals surface area contributed by atoms with Crippen molar-refractivity contribution in [1.82, 2.24) is 0 Å². The zero-order valence-electron chi connectivity index (χ0n) is 20.1. The lowest BCUT2D eigenvalue weighted by Crippen LogP contribution is -2.13. The van der Waals surface area contributed by atoms with Gasteiger partial charge in [0.25, 0.3) is 0 Å². The summed E-state index contributed by atoms with van der Waals surface area (Å²) in [6.45, 7) is 2.21. The topological polar surface area (TPSA) is 44.8 Å². The third kappa shape index (κ3) is 6.62. The molecule has 3 aromatic rings. The van der Waals surface area contributed by atoms with Gasteiger partial charge in [-0.3, -0.25) is 0 Å². The molecular formula is C28H27F3O4S. The van der Waals surface area contributed by atoms with Crippen LogP contribution in [0.4, 0.5) is 13.2 Å². The second kappa shape index (κ2) is 11.4. The molecule has 0 bridgehead atoms. The van der Waals surface area contributed by atoms with E-state index in [0.717, 1.165) is 46.7 Å². The number of benzene rings is 3. The van der Waals surface area contributed by atoms with Crippen molar-refractivity contribution in [2.45, 2.75) is 49.3 Å². The Morgan fingerprint density at radius 3 is 2.39 bits per heavy atom. The summed E-state index contributed by atoms with van der Waals surface area (Å²) in [5.74, 6) is 1.01. The summed E-state index contributed by atoms with van der Waals surface area (Å²) in [5.41, 5.74) is 4.72. The molecule has 0 heterocycles. The van der Waals surface area contributed by atoms with Crippen molar-refractivity contribution in [2.75, 3.05) is 13.7 Å². The maximum absolute atomic E-state index is 12.7. The van der Waals surface area contributed by atoms with Crippen molar-refractivity contribution < 1.29 is 32.2 Å². The Balaban J connectivity index is 1.35. The van der Waals surface area contributed by atoms with Crippen LogP contribution < -0.4 is 4.74 Å². The average Bonchev–Trinajstić information content (AvgIpc) is 3.27. The SMILES string of the molecule is COC(=O)COC1CCc2cc(C)cc(SCc3ccc(OCc4ccc(C(F)(F)F)cc4)cc3)c21. The molecule has 0 saturated carbocycles. The minimum Gasteiger partial charge on any atom is -0.489 e. The number of carbonyl (C=O) groups is 1. The number of rotatable bonds is 9. The fraction of sp³-hybridized carbons (Fsp3) is 0.321. The predicted octanol–water partition coefficient (Wildman–Crippen LogP) is 7.06. The first-order chi connectivity index (χ1) is 17.2. The van der Waals surface area contributed by atoms with Crippen LogP contribution >= 0.6 is 11.8 Å². The molecular weight excluding hydrogens is 489 g/mol. The van der Waals surface area contributed by atoms with Crippen LogP contribution in [-0.2, 0) is 39.2 Å². The molecule has 0 spiro atoms. The number of carbonyl (C=O) groups excluding carboxylic acids is 1. The maximum atomic E-state index is 12.7. The number of hydrogen-bond donors (Lipinski definition) is 0. The third-order valence-electron chi connectivity index (χ3n) is 6.00. The highest BCUT2D eigenvalue weighted by molar-refractivity contribution is 7.98. The molecule has 0 fully saturated rings. The van der Waals surface area contributed by atoms with Crippen LogP contribution in [0.2, 0.25) is 0 Å². The van der Waals surface area contributed by atoms with Crippen LogP contribution in [0.1, 0.15) is 45.9 Å². The van der Waals surface area contributed by atoms with Gasteiger partial charge < -0.3 is 14.2 Å².